The van der Waals surface area contributed by atoms with E-state index >= 15 is 0 Å². The molecule has 1 aromatic carbocycles. The van der Waals surface area contributed by atoms with Gasteiger partial charge in [-0.05, 0) is 31.9 Å². The van der Waals surface area contributed by atoms with Crippen molar-refractivity contribution in [2.75, 3.05) is 10.5 Å². The Balaban J connectivity index is 2.45. The number of aryl methyl sites for hydroxylation is 3. The maximum absolute atomic E-state index is 12.2. The average molecular weight is 280 g/mol. The topological polar surface area (TPSA) is 101 Å². The highest BCUT2D eigenvalue weighted by molar-refractivity contribution is 7.92. The van der Waals surface area contributed by atoms with Gasteiger partial charge < -0.3 is 5.73 Å². The van der Waals surface area contributed by atoms with E-state index in [1.54, 1.807) is 0 Å². The molecule has 0 fully saturated rings. The molecule has 0 atom stereocenters. The molecule has 0 saturated heterocycles. The Labute approximate surface area is 112 Å². The summed E-state index contributed by atoms with van der Waals surface area (Å²) in [5.41, 5.74) is 8.93. The Kier molecular flexibility index (Phi) is 3.23. The number of H-pyrrole nitrogens is 1. The smallest absolute Gasteiger partial charge is 0.267 e. The van der Waals surface area contributed by atoms with Crippen LogP contribution in [-0.2, 0) is 10.0 Å². The van der Waals surface area contributed by atoms with Crippen molar-refractivity contribution in [3.63, 3.8) is 0 Å². The van der Waals surface area contributed by atoms with E-state index in [1.807, 2.05) is 32.9 Å². The number of anilines is 2. The van der Waals surface area contributed by atoms with Crippen molar-refractivity contribution in [2.45, 2.75) is 25.7 Å². The van der Waals surface area contributed by atoms with Crippen molar-refractivity contribution in [2.24, 2.45) is 0 Å². The summed E-state index contributed by atoms with van der Waals surface area (Å²) >= 11 is 0. The van der Waals surface area contributed by atoms with Gasteiger partial charge in [-0.15, -0.1) is 0 Å². The molecule has 2 rings (SSSR count). The lowest BCUT2D eigenvalue weighted by Crippen LogP contribution is -2.15. The Bertz CT molecular complexity index is 696. The molecule has 19 heavy (non-hydrogen) atoms. The number of sulfonamides is 1. The monoisotopic (exact) mass is 280 g/mol. The van der Waals surface area contributed by atoms with Crippen LogP contribution in [0.2, 0.25) is 0 Å². The molecule has 2 aromatic rings. The zero-order chi connectivity index (χ0) is 14.2. The summed E-state index contributed by atoms with van der Waals surface area (Å²) in [5.74, 6) is 0.0231. The van der Waals surface area contributed by atoms with Crippen molar-refractivity contribution in [3.8, 4) is 0 Å². The van der Waals surface area contributed by atoms with Gasteiger partial charge in [-0.2, -0.15) is 5.10 Å². The van der Waals surface area contributed by atoms with Crippen LogP contribution in [0.1, 0.15) is 16.7 Å². The Morgan fingerprint density at radius 1 is 1.21 bits per heavy atom. The predicted molar refractivity (Wildman–Crippen MR) is 74.5 cm³/mol. The van der Waals surface area contributed by atoms with Gasteiger partial charge in [0, 0.05) is 0 Å². The van der Waals surface area contributed by atoms with Gasteiger partial charge in [0.1, 0.15) is 10.7 Å². The predicted octanol–water partition coefficient (Wildman–Crippen LogP) is 1.72. The summed E-state index contributed by atoms with van der Waals surface area (Å²) < 4.78 is 27.0. The van der Waals surface area contributed by atoms with Crippen LogP contribution in [-0.4, -0.2) is 18.6 Å². The second-order valence-electron chi connectivity index (χ2n) is 4.53. The van der Waals surface area contributed by atoms with Gasteiger partial charge >= 0.3 is 0 Å². The highest BCUT2D eigenvalue weighted by Crippen LogP contribution is 2.26. The number of rotatable bonds is 3. The average Bonchev–Trinajstić information content (AvgIpc) is 2.70. The van der Waals surface area contributed by atoms with Gasteiger partial charge in [-0.1, -0.05) is 17.7 Å². The fraction of sp³-hybridized carbons (Fsp3) is 0.250. The first kappa shape index (κ1) is 13.4. The van der Waals surface area contributed by atoms with E-state index in [-0.39, 0.29) is 10.7 Å². The van der Waals surface area contributed by atoms with E-state index in [9.17, 15) is 8.42 Å². The molecule has 7 heteroatoms. The fourth-order valence-electron chi connectivity index (χ4n) is 2.03. The number of hydrogen-bond acceptors (Lipinski definition) is 4. The molecule has 0 aliphatic carbocycles. The van der Waals surface area contributed by atoms with Crippen LogP contribution in [0.25, 0.3) is 0 Å². The second-order valence-corrected chi connectivity index (χ2v) is 6.18. The molecule has 0 bridgehead atoms. The van der Waals surface area contributed by atoms with Crippen molar-refractivity contribution in [3.05, 3.63) is 35.0 Å². The number of aromatic nitrogens is 2. The first-order chi connectivity index (χ1) is 8.81. The Morgan fingerprint density at radius 2 is 1.79 bits per heavy atom. The highest BCUT2D eigenvalue weighted by Gasteiger charge is 2.21. The molecule has 0 amide bonds. The summed E-state index contributed by atoms with van der Waals surface area (Å²) in [6, 6.07) is 3.84. The van der Waals surface area contributed by atoms with Crippen LogP contribution in [0.5, 0.6) is 0 Å². The lowest BCUT2D eigenvalue weighted by atomic mass is 10.1. The third-order valence-corrected chi connectivity index (χ3v) is 4.21. The maximum Gasteiger partial charge on any atom is 0.267 e. The molecule has 6 nitrogen and oxygen atoms in total. The minimum absolute atomic E-state index is 0.0231. The van der Waals surface area contributed by atoms with Gasteiger partial charge in [-0.3, -0.25) is 9.82 Å². The molecule has 0 unspecified atom stereocenters. The molecule has 0 aliphatic rings. The number of nitrogens with zero attached hydrogens (tertiary/aromatic N) is 1. The minimum atomic E-state index is -3.73. The van der Waals surface area contributed by atoms with Gasteiger partial charge in [-0.25, -0.2) is 8.42 Å². The second kappa shape index (κ2) is 4.58. The molecular formula is C12H16N4O2S. The lowest BCUT2D eigenvalue weighted by molar-refractivity contribution is 0.601. The van der Waals surface area contributed by atoms with E-state index in [0.29, 0.717) is 5.69 Å². The zero-order valence-corrected chi connectivity index (χ0v) is 11.8. The third kappa shape index (κ3) is 2.55. The summed E-state index contributed by atoms with van der Waals surface area (Å²) in [7, 11) is -3.73. The van der Waals surface area contributed by atoms with E-state index in [1.165, 1.54) is 6.20 Å². The maximum atomic E-state index is 12.2. The van der Waals surface area contributed by atoms with Crippen molar-refractivity contribution < 1.29 is 8.42 Å². The van der Waals surface area contributed by atoms with Crippen LogP contribution in [0.3, 0.4) is 0 Å². The summed E-state index contributed by atoms with van der Waals surface area (Å²) in [6.45, 7) is 5.68. The number of nitrogens with two attached hydrogens (primary N) is 1. The number of aromatic amines is 1. The van der Waals surface area contributed by atoms with Crippen LogP contribution < -0.4 is 10.5 Å². The number of nitrogens with one attached hydrogen (secondary N) is 2. The van der Waals surface area contributed by atoms with Gasteiger partial charge in [0.25, 0.3) is 10.0 Å². The molecule has 4 N–H and O–H groups in total. The zero-order valence-electron chi connectivity index (χ0n) is 11.0. The minimum Gasteiger partial charge on any atom is -0.383 e. The van der Waals surface area contributed by atoms with E-state index < -0.39 is 10.0 Å². The van der Waals surface area contributed by atoms with E-state index in [2.05, 4.69) is 14.9 Å². The number of hydrogen-bond donors (Lipinski definition) is 3. The van der Waals surface area contributed by atoms with Gasteiger partial charge in [0.05, 0.1) is 11.9 Å². The fourth-order valence-corrected chi connectivity index (χ4v) is 3.26. The van der Waals surface area contributed by atoms with Gasteiger partial charge in [0.15, 0.2) is 0 Å². The first-order valence-electron chi connectivity index (χ1n) is 5.71. The molecule has 1 aromatic heterocycles. The van der Waals surface area contributed by atoms with Crippen molar-refractivity contribution in [1.82, 2.24) is 10.2 Å². The summed E-state index contributed by atoms with van der Waals surface area (Å²) in [4.78, 5) is -0.0492. The third-order valence-electron chi connectivity index (χ3n) is 2.84. The first-order valence-corrected chi connectivity index (χ1v) is 7.19. The molecule has 1 heterocycles. The van der Waals surface area contributed by atoms with Crippen LogP contribution in [0.4, 0.5) is 11.5 Å². The number of nitrogen functional groups attached to an aromatic ring is 1. The SMILES string of the molecule is Cc1cc(C)c(NS(=O)(=O)c2cn[nH]c2N)c(C)c1. The van der Waals surface area contributed by atoms with Crippen LogP contribution in [0.15, 0.2) is 23.2 Å². The summed E-state index contributed by atoms with van der Waals surface area (Å²) in [5, 5.41) is 6.03. The summed E-state index contributed by atoms with van der Waals surface area (Å²) in [6.07, 6.45) is 1.19. The van der Waals surface area contributed by atoms with Crippen molar-refractivity contribution in [1.29, 1.82) is 0 Å². The normalized spacial score (nSPS) is 11.5. The van der Waals surface area contributed by atoms with Crippen LogP contribution >= 0.6 is 0 Å². The molecular weight excluding hydrogens is 264 g/mol. The molecule has 0 spiro atoms. The Hall–Kier alpha value is -2.02. The molecule has 0 aliphatic heterocycles. The molecule has 0 saturated carbocycles. The van der Waals surface area contributed by atoms with Gasteiger partial charge in [0.2, 0.25) is 0 Å². The Morgan fingerprint density at radius 3 is 2.26 bits per heavy atom. The number of benzene rings is 1. The standard InChI is InChI=1S/C12H16N4O2S/c1-7-4-8(2)11(9(3)5-7)16-19(17,18)10-6-14-15-12(10)13/h4-6,16H,1-3H3,(H3,13,14,15). The van der Waals surface area contributed by atoms with E-state index in [0.717, 1.165) is 16.7 Å². The van der Waals surface area contributed by atoms with E-state index in [4.69, 9.17) is 5.73 Å². The molecule has 102 valence electrons. The van der Waals surface area contributed by atoms with Crippen molar-refractivity contribution >= 4 is 21.5 Å². The molecule has 0 radical (unpaired) electrons. The largest absolute Gasteiger partial charge is 0.383 e. The quantitative estimate of drug-likeness (QED) is 0.796. The lowest BCUT2D eigenvalue weighted by Gasteiger charge is -2.13. The highest BCUT2D eigenvalue weighted by atomic mass is 32.2. The van der Waals surface area contributed by atoms with Crippen LogP contribution in [0, 0.1) is 20.8 Å².